The fraction of sp³-hybridized carbons (Fsp3) is 0.146. The molecule has 0 radical (unpaired) electrons. The van der Waals surface area contributed by atoms with E-state index >= 15 is 0 Å². The van der Waals surface area contributed by atoms with E-state index in [0.717, 1.165) is 28.0 Å². The summed E-state index contributed by atoms with van der Waals surface area (Å²) in [5, 5.41) is 15.4. The van der Waals surface area contributed by atoms with Crippen LogP contribution < -0.4 is 4.74 Å². The molecule has 5 aromatic heterocycles. The number of pyridine rings is 4. The van der Waals surface area contributed by atoms with Crippen LogP contribution in [0.1, 0.15) is 64.7 Å². The summed E-state index contributed by atoms with van der Waals surface area (Å²) in [6, 6.07) is 17.9. The number of hydrogen-bond donors (Lipinski definition) is 1. The number of unbranched alkanes of at least 4 members (excludes halogenated alkanes) is 3. The van der Waals surface area contributed by atoms with Crippen molar-refractivity contribution in [1.29, 1.82) is 5.41 Å². The van der Waals surface area contributed by atoms with Gasteiger partial charge in [0.25, 0.3) is 19.4 Å². The number of aromatic nitrogens is 4. The molecule has 0 aromatic carbocycles. The first kappa shape index (κ1) is 56.0. The maximum atomic E-state index is 12.4. The Balaban J connectivity index is 0.000000438. The molecule has 5 aromatic rings. The van der Waals surface area contributed by atoms with Gasteiger partial charge in [0.1, 0.15) is 11.5 Å². The van der Waals surface area contributed by atoms with E-state index < -0.39 is 17.6 Å². The zero-order chi connectivity index (χ0) is 48.0. The van der Waals surface area contributed by atoms with Gasteiger partial charge in [-0.15, -0.1) is 17.0 Å². The van der Waals surface area contributed by atoms with Crippen LogP contribution in [0.5, 0.6) is 5.75 Å². The van der Waals surface area contributed by atoms with Gasteiger partial charge >= 0.3 is 25.7 Å². The van der Waals surface area contributed by atoms with Crippen LogP contribution in [0.3, 0.4) is 0 Å². The van der Waals surface area contributed by atoms with Crippen LogP contribution in [0.15, 0.2) is 122 Å². The summed E-state index contributed by atoms with van der Waals surface area (Å²) < 4.78 is 51.4. The normalized spacial score (nSPS) is 11.3. The smallest absolute Gasteiger partial charge is 0.753 e. The van der Waals surface area contributed by atoms with E-state index in [1.807, 2.05) is 24.3 Å². The molecule has 0 atom stereocenters. The van der Waals surface area contributed by atoms with Gasteiger partial charge < -0.3 is 25.4 Å². The molecule has 13 nitrogen and oxygen atoms in total. The molecule has 0 unspecified atom stereocenters. The first-order chi connectivity index (χ1) is 31.9. The Morgan fingerprint density at radius 3 is 1.84 bits per heavy atom. The van der Waals surface area contributed by atoms with Crippen LogP contribution in [0.2, 0.25) is 0 Å². The Hall–Kier alpha value is -7.17. The summed E-state index contributed by atoms with van der Waals surface area (Å²) in [7, 11) is 0. The Labute approximate surface area is 407 Å². The Kier molecular flexibility index (Phi) is 26.4. The second kappa shape index (κ2) is 31.7. The molecule has 5 rings (SSSR count). The number of halogens is 3. The number of rotatable bonds is 21. The van der Waals surface area contributed by atoms with Crippen molar-refractivity contribution >= 4 is 83.8 Å². The first-order valence-electron chi connectivity index (χ1n) is 19.7. The van der Waals surface area contributed by atoms with Gasteiger partial charge in [-0.2, -0.15) is 18.3 Å². The molecule has 0 saturated carbocycles. The van der Waals surface area contributed by atoms with Gasteiger partial charge in [0.2, 0.25) is 0 Å². The number of isothiocyanates is 1. The van der Waals surface area contributed by atoms with Gasteiger partial charge in [0, 0.05) is 46.2 Å². The van der Waals surface area contributed by atoms with E-state index in [1.54, 1.807) is 90.5 Å². The van der Waals surface area contributed by atoms with Crippen LogP contribution in [0.25, 0.3) is 63.9 Å². The molecule has 346 valence electrons. The van der Waals surface area contributed by atoms with E-state index in [0.29, 0.717) is 48.3 Å². The van der Waals surface area contributed by atoms with Crippen LogP contribution in [0.4, 0.5) is 13.2 Å². The second-order valence-corrected chi connectivity index (χ2v) is 14.4. The summed E-state index contributed by atoms with van der Waals surface area (Å²) >= 11 is 5.43. The molecule has 0 bridgehead atoms. The van der Waals surface area contributed by atoms with Crippen molar-refractivity contribution in [2.45, 2.75) is 45.2 Å². The maximum absolute atomic E-state index is 12.4. The minimum atomic E-state index is -4.77. The van der Waals surface area contributed by atoms with Crippen molar-refractivity contribution in [2.24, 2.45) is 0 Å². The number of aryl methyl sites for hydroxylation is 1. The summed E-state index contributed by atoms with van der Waals surface area (Å²) in [5.41, 5.74) is 10.3. The van der Waals surface area contributed by atoms with Crippen molar-refractivity contribution in [3.63, 3.8) is 0 Å². The van der Waals surface area contributed by atoms with Crippen LogP contribution in [0, 0.1) is 5.41 Å². The SMILES string of the molecule is CCCCCCc1ccc(/C=C/c2ccnc(/C([NH-])=C/C(=N)C(F)(F)F)c2)s1.O=CO/C=C/C=C/c1ccnc(-c2cc(OC=O)cc(-c3cc(/C=C/C=C/OC=O)ccn3)n2)c1.[N-]=C=S.[Ru+2]. The molecule has 2 N–H and O–H groups in total. The fourth-order valence-electron chi connectivity index (χ4n) is 5.37. The minimum absolute atomic E-state index is 0. The van der Waals surface area contributed by atoms with E-state index in [4.69, 9.17) is 21.3 Å². The molecule has 0 aliphatic carbocycles. The predicted octanol–water partition coefficient (Wildman–Crippen LogP) is 12.2. The molecular formula is C48H42F3N7O6RuS2. The number of carbonyl (C=O) groups excluding carboxylic acids is 3. The summed E-state index contributed by atoms with van der Waals surface area (Å²) in [6.07, 6.45) is 22.9. The number of ether oxygens (including phenoxy) is 3. The molecule has 0 fully saturated rings. The van der Waals surface area contributed by atoms with Crippen molar-refractivity contribution in [3.8, 4) is 28.5 Å². The Morgan fingerprint density at radius 1 is 0.761 bits per heavy atom. The molecule has 0 amide bonds. The van der Waals surface area contributed by atoms with Gasteiger partial charge in [0.15, 0.2) is 0 Å². The van der Waals surface area contributed by atoms with Crippen LogP contribution in [-0.4, -0.2) is 56.4 Å². The standard InChI is InChI=1S/C26H19N3O6.C21H23F3N3S.CNS.Ru/c30-17-33-11-3-1-5-20-7-9-27-23(13-20)25-15-22(35-19-32)16-26(29-25)24-14-21(8-10-28-24)6-2-4-12-34-18-31;1-2-3-4-5-6-16-9-10-17(28-16)8-7-15-11-12-27-19(13-15)18(25)14-20(26)21(22,23)24;2-1-3;/h1-19H;7-14,25-26H,2-6H2,1H3;;/q;2*-1;+2/b5-1+,6-2+,11-3+,12-4+;8-7+,18-14-,26-20?;;. The van der Waals surface area contributed by atoms with Gasteiger partial charge in [0.05, 0.1) is 35.3 Å². The first-order valence-corrected chi connectivity index (χ1v) is 20.9. The number of nitrogens with one attached hydrogen (secondary N) is 2. The maximum Gasteiger partial charge on any atom is 2.00 e. The van der Waals surface area contributed by atoms with E-state index in [-0.39, 0.29) is 30.9 Å². The summed E-state index contributed by atoms with van der Waals surface area (Å²) in [6.45, 7) is 3.19. The van der Waals surface area contributed by atoms with Crippen LogP contribution >= 0.6 is 23.6 Å². The number of hydrogen-bond acceptors (Lipinski definition) is 13. The minimum Gasteiger partial charge on any atom is -0.753 e. The van der Waals surface area contributed by atoms with E-state index in [2.05, 4.69) is 60.7 Å². The van der Waals surface area contributed by atoms with Crippen molar-refractivity contribution in [3.05, 3.63) is 165 Å². The van der Waals surface area contributed by atoms with E-state index in [9.17, 15) is 27.6 Å². The predicted molar refractivity (Wildman–Crippen MR) is 255 cm³/mol. The van der Waals surface area contributed by atoms with Crippen molar-refractivity contribution in [2.75, 3.05) is 0 Å². The third kappa shape index (κ3) is 21.6. The molecule has 67 heavy (non-hydrogen) atoms. The number of carbonyl (C=O) groups is 3. The number of thiophene rings is 1. The summed E-state index contributed by atoms with van der Waals surface area (Å²) in [5.74, 6) is 0.286. The van der Waals surface area contributed by atoms with Gasteiger partial charge in [-0.3, -0.25) is 34.7 Å². The number of allylic oxidation sites excluding steroid dienone is 5. The van der Waals surface area contributed by atoms with Crippen molar-refractivity contribution in [1.82, 2.24) is 19.9 Å². The van der Waals surface area contributed by atoms with Gasteiger partial charge in [-0.1, -0.05) is 68.8 Å². The van der Waals surface area contributed by atoms with E-state index in [1.165, 1.54) is 60.5 Å². The van der Waals surface area contributed by atoms with Crippen LogP contribution in [-0.2, 0) is 49.8 Å². The third-order valence-electron chi connectivity index (χ3n) is 8.35. The second-order valence-electron chi connectivity index (χ2n) is 13.1. The monoisotopic (exact) mass is 1040 g/mol. The zero-order valence-corrected chi connectivity index (χ0v) is 39.0. The molecule has 0 aliphatic heterocycles. The quantitative estimate of drug-likeness (QED) is 0.0139. The number of nitrogens with zero attached hydrogens (tertiary/aromatic N) is 5. The molecular weight excluding hydrogens is 993 g/mol. The Morgan fingerprint density at radius 2 is 1.31 bits per heavy atom. The summed E-state index contributed by atoms with van der Waals surface area (Å²) in [4.78, 5) is 51.1. The molecule has 19 heteroatoms. The number of thiocarbonyl (C=S) groups is 1. The van der Waals surface area contributed by atoms with Crippen molar-refractivity contribution < 1.29 is 61.2 Å². The topological polar surface area (TPSA) is 200 Å². The number of alkyl halides is 3. The molecule has 5 heterocycles. The van der Waals surface area contributed by atoms with Gasteiger partial charge in [-0.25, -0.2) is 4.98 Å². The zero-order valence-electron chi connectivity index (χ0n) is 35.6. The molecule has 0 spiro atoms. The molecule has 0 aliphatic rings. The Bertz CT molecular complexity index is 2510. The largest absolute Gasteiger partial charge is 2.00 e. The third-order valence-corrected chi connectivity index (χ3v) is 9.46. The average Bonchev–Trinajstić information content (AvgIpc) is 3.77. The fourth-order valence-corrected chi connectivity index (χ4v) is 6.33. The molecule has 0 saturated heterocycles. The van der Waals surface area contributed by atoms with Gasteiger partial charge in [-0.05, 0) is 102 Å². The average molecular weight is 1040 g/mol.